The van der Waals surface area contributed by atoms with Crippen LogP contribution in [-0.4, -0.2) is 48.4 Å². The lowest BCUT2D eigenvalue weighted by atomic mass is 9.93. The second-order valence-corrected chi connectivity index (χ2v) is 7.04. The minimum atomic E-state index is 0.151. The molecule has 3 aromatic rings. The Labute approximate surface area is 164 Å². The SMILES string of the molecule is CCc1nccn1-c1nccnc1[C@H]1CCCN(C(=O)Cc2ccncc2)C1. The van der Waals surface area contributed by atoms with Gasteiger partial charge in [0, 0.05) is 62.6 Å². The molecule has 3 aromatic heterocycles. The fourth-order valence-corrected chi connectivity index (χ4v) is 3.82. The van der Waals surface area contributed by atoms with Crippen LogP contribution >= 0.6 is 0 Å². The summed E-state index contributed by atoms with van der Waals surface area (Å²) in [4.78, 5) is 32.4. The lowest BCUT2D eigenvalue weighted by Gasteiger charge is -2.33. The summed E-state index contributed by atoms with van der Waals surface area (Å²) in [6.07, 6.45) is 13.8. The molecule has 7 heteroatoms. The van der Waals surface area contributed by atoms with Crippen LogP contribution < -0.4 is 0 Å². The maximum atomic E-state index is 12.8. The van der Waals surface area contributed by atoms with Crippen molar-refractivity contribution in [2.45, 2.75) is 38.5 Å². The molecule has 0 spiro atoms. The predicted octanol–water partition coefficient (Wildman–Crippen LogP) is 2.57. The molecule has 28 heavy (non-hydrogen) atoms. The number of hydrogen-bond donors (Lipinski definition) is 0. The molecule has 0 saturated carbocycles. The molecule has 1 amide bonds. The minimum Gasteiger partial charge on any atom is -0.342 e. The lowest BCUT2D eigenvalue weighted by Crippen LogP contribution is -2.40. The summed E-state index contributed by atoms with van der Waals surface area (Å²) in [5.74, 6) is 2.11. The number of carbonyl (C=O) groups is 1. The van der Waals surface area contributed by atoms with Gasteiger partial charge in [-0.15, -0.1) is 0 Å². The van der Waals surface area contributed by atoms with Gasteiger partial charge >= 0.3 is 0 Å². The van der Waals surface area contributed by atoms with Crippen molar-refractivity contribution in [1.82, 2.24) is 29.4 Å². The Balaban J connectivity index is 1.55. The van der Waals surface area contributed by atoms with Gasteiger partial charge in [-0.05, 0) is 30.5 Å². The Kier molecular flexibility index (Phi) is 5.41. The van der Waals surface area contributed by atoms with Crippen LogP contribution in [-0.2, 0) is 17.6 Å². The number of aromatic nitrogens is 5. The standard InChI is InChI=1S/C21H24N6O/c1-2-18-23-11-13-27(18)21-20(24-9-10-25-21)17-4-3-12-26(15-17)19(28)14-16-5-7-22-8-6-16/h5-11,13,17H,2-4,12,14-15H2,1H3/t17-/m0/s1. The van der Waals surface area contributed by atoms with Crippen LogP contribution in [0.4, 0.5) is 0 Å². The maximum Gasteiger partial charge on any atom is 0.227 e. The van der Waals surface area contributed by atoms with Gasteiger partial charge in [-0.3, -0.25) is 19.3 Å². The molecule has 1 aliphatic heterocycles. The van der Waals surface area contributed by atoms with Gasteiger partial charge in [0.1, 0.15) is 5.82 Å². The fraction of sp³-hybridized carbons (Fsp3) is 0.381. The van der Waals surface area contributed by atoms with Gasteiger partial charge < -0.3 is 4.90 Å². The first kappa shape index (κ1) is 18.3. The third-order valence-electron chi connectivity index (χ3n) is 5.23. The molecule has 0 aromatic carbocycles. The van der Waals surface area contributed by atoms with Crippen LogP contribution in [0.5, 0.6) is 0 Å². The van der Waals surface area contributed by atoms with Crippen molar-refractivity contribution in [3.05, 3.63) is 66.4 Å². The number of hydrogen-bond acceptors (Lipinski definition) is 5. The molecule has 0 radical (unpaired) electrons. The molecule has 1 fully saturated rings. The van der Waals surface area contributed by atoms with E-state index in [9.17, 15) is 4.79 Å². The van der Waals surface area contributed by atoms with Crippen LogP contribution in [0.3, 0.4) is 0 Å². The normalized spacial score (nSPS) is 16.9. The highest BCUT2D eigenvalue weighted by atomic mass is 16.2. The van der Waals surface area contributed by atoms with Crippen molar-refractivity contribution in [3.8, 4) is 5.82 Å². The van der Waals surface area contributed by atoms with E-state index in [1.54, 1.807) is 31.0 Å². The number of aryl methyl sites for hydroxylation is 1. The molecule has 0 aliphatic carbocycles. The van der Waals surface area contributed by atoms with E-state index in [1.165, 1.54) is 0 Å². The van der Waals surface area contributed by atoms with Crippen LogP contribution in [0.15, 0.2) is 49.3 Å². The third kappa shape index (κ3) is 3.78. The second-order valence-electron chi connectivity index (χ2n) is 7.04. The number of likely N-dealkylation sites (tertiary alicyclic amines) is 1. The summed E-state index contributed by atoms with van der Waals surface area (Å²) in [6, 6.07) is 3.79. The smallest absolute Gasteiger partial charge is 0.227 e. The van der Waals surface area contributed by atoms with Gasteiger partial charge in [0.05, 0.1) is 12.1 Å². The molecule has 7 nitrogen and oxygen atoms in total. The number of imidazole rings is 1. The van der Waals surface area contributed by atoms with Gasteiger partial charge in [0.2, 0.25) is 5.91 Å². The van der Waals surface area contributed by atoms with Gasteiger partial charge in [0.25, 0.3) is 0 Å². The van der Waals surface area contributed by atoms with Crippen LogP contribution in [0.2, 0.25) is 0 Å². The number of piperidine rings is 1. The molecule has 1 aliphatic rings. The summed E-state index contributed by atoms with van der Waals surface area (Å²) in [5.41, 5.74) is 1.94. The van der Waals surface area contributed by atoms with Crippen molar-refractivity contribution >= 4 is 5.91 Å². The zero-order valence-electron chi connectivity index (χ0n) is 16.0. The quantitative estimate of drug-likeness (QED) is 0.684. The Morgan fingerprint density at radius 3 is 2.75 bits per heavy atom. The zero-order valence-corrected chi connectivity index (χ0v) is 16.0. The van der Waals surface area contributed by atoms with Crippen LogP contribution in [0.25, 0.3) is 5.82 Å². The molecule has 1 saturated heterocycles. The molecule has 144 valence electrons. The van der Waals surface area contributed by atoms with Crippen molar-refractivity contribution in [1.29, 1.82) is 0 Å². The third-order valence-corrected chi connectivity index (χ3v) is 5.23. The molecule has 1 atom stereocenters. The number of rotatable bonds is 5. The average molecular weight is 376 g/mol. The number of nitrogens with zero attached hydrogens (tertiary/aromatic N) is 6. The van der Waals surface area contributed by atoms with Crippen molar-refractivity contribution in [2.75, 3.05) is 13.1 Å². The summed E-state index contributed by atoms with van der Waals surface area (Å²) in [5, 5.41) is 0. The Morgan fingerprint density at radius 2 is 1.93 bits per heavy atom. The fourth-order valence-electron chi connectivity index (χ4n) is 3.82. The average Bonchev–Trinajstić information content (AvgIpc) is 3.23. The highest BCUT2D eigenvalue weighted by Crippen LogP contribution is 2.29. The van der Waals surface area contributed by atoms with Gasteiger partial charge in [-0.2, -0.15) is 0 Å². The van der Waals surface area contributed by atoms with Crippen molar-refractivity contribution < 1.29 is 4.79 Å². The summed E-state index contributed by atoms with van der Waals surface area (Å²) in [6.45, 7) is 3.54. The maximum absolute atomic E-state index is 12.8. The molecule has 4 rings (SSSR count). The summed E-state index contributed by atoms with van der Waals surface area (Å²) >= 11 is 0. The van der Waals surface area contributed by atoms with E-state index in [0.29, 0.717) is 13.0 Å². The molecular weight excluding hydrogens is 352 g/mol. The number of pyridine rings is 1. The topological polar surface area (TPSA) is 76.8 Å². The first-order chi connectivity index (χ1) is 13.8. The predicted molar refractivity (Wildman–Crippen MR) is 105 cm³/mol. The van der Waals surface area contributed by atoms with E-state index in [4.69, 9.17) is 0 Å². The highest BCUT2D eigenvalue weighted by Gasteiger charge is 2.28. The minimum absolute atomic E-state index is 0.151. The molecule has 0 unspecified atom stereocenters. The number of amides is 1. The van der Waals surface area contributed by atoms with Crippen LogP contribution in [0.1, 0.15) is 42.8 Å². The molecule has 0 N–H and O–H groups in total. The Hall–Kier alpha value is -3.09. The van der Waals surface area contributed by atoms with Crippen molar-refractivity contribution in [2.24, 2.45) is 0 Å². The van der Waals surface area contributed by atoms with Crippen LogP contribution in [0, 0.1) is 0 Å². The number of carbonyl (C=O) groups excluding carboxylic acids is 1. The molecule has 4 heterocycles. The van der Waals surface area contributed by atoms with Gasteiger partial charge in [-0.25, -0.2) is 9.97 Å². The van der Waals surface area contributed by atoms with E-state index in [0.717, 1.165) is 48.7 Å². The monoisotopic (exact) mass is 376 g/mol. The summed E-state index contributed by atoms with van der Waals surface area (Å²) in [7, 11) is 0. The summed E-state index contributed by atoms with van der Waals surface area (Å²) < 4.78 is 2.01. The largest absolute Gasteiger partial charge is 0.342 e. The van der Waals surface area contributed by atoms with E-state index in [1.807, 2.05) is 27.8 Å². The van der Waals surface area contributed by atoms with E-state index >= 15 is 0 Å². The second kappa shape index (κ2) is 8.29. The lowest BCUT2D eigenvalue weighted by molar-refractivity contribution is -0.131. The first-order valence-corrected chi connectivity index (χ1v) is 9.76. The van der Waals surface area contributed by atoms with E-state index < -0.39 is 0 Å². The molecule has 0 bridgehead atoms. The first-order valence-electron chi connectivity index (χ1n) is 9.76. The molecular formula is C21H24N6O. The Morgan fingerprint density at radius 1 is 1.11 bits per heavy atom. The van der Waals surface area contributed by atoms with Gasteiger partial charge in [-0.1, -0.05) is 6.92 Å². The Bertz CT molecular complexity index is 939. The van der Waals surface area contributed by atoms with E-state index in [-0.39, 0.29) is 11.8 Å². The highest BCUT2D eigenvalue weighted by molar-refractivity contribution is 5.78. The van der Waals surface area contributed by atoms with Gasteiger partial charge in [0.15, 0.2) is 5.82 Å². The zero-order chi connectivity index (χ0) is 19.3. The van der Waals surface area contributed by atoms with Crippen molar-refractivity contribution in [3.63, 3.8) is 0 Å². The van der Waals surface area contributed by atoms with E-state index in [2.05, 4.69) is 26.9 Å².